The Kier molecular flexibility index (Phi) is 5.62. The van der Waals surface area contributed by atoms with Crippen molar-refractivity contribution in [2.75, 3.05) is 0 Å². The maximum atomic E-state index is 12.1. The zero-order valence-electron chi connectivity index (χ0n) is 14.8. The van der Waals surface area contributed by atoms with Gasteiger partial charge in [-0.15, -0.1) is 0 Å². The van der Waals surface area contributed by atoms with Crippen molar-refractivity contribution in [3.05, 3.63) is 54.4 Å². The van der Waals surface area contributed by atoms with Crippen LogP contribution >= 0.6 is 0 Å². The van der Waals surface area contributed by atoms with Gasteiger partial charge in [-0.1, -0.05) is 19.0 Å². The third kappa shape index (κ3) is 4.27. The Labute approximate surface area is 151 Å². The van der Waals surface area contributed by atoms with Crippen molar-refractivity contribution in [2.24, 2.45) is 0 Å². The summed E-state index contributed by atoms with van der Waals surface area (Å²) in [5.41, 5.74) is 1.15. The van der Waals surface area contributed by atoms with E-state index in [4.69, 9.17) is 9.26 Å². The van der Waals surface area contributed by atoms with Gasteiger partial charge in [0.05, 0.1) is 5.69 Å². The molecular formula is C18H21N5O3. The van der Waals surface area contributed by atoms with Gasteiger partial charge in [-0.05, 0) is 37.1 Å². The second kappa shape index (κ2) is 8.28. The monoisotopic (exact) mass is 355 g/mol. The van der Waals surface area contributed by atoms with E-state index >= 15 is 0 Å². The number of rotatable bonds is 8. The Hall–Kier alpha value is -3.16. The lowest BCUT2D eigenvalue weighted by Crippen LogP contribution is -2.33. The summed E-state index contributed by atoms with van der Waals surface area (Å²) in [5.74, 6) is 0.930. The van der Waals surface area contributed by atoms with E-state index in [1.807, 2.05) is 38.1 Å². The standard InChI is InChI=1S/C18H21N5O3/c1-3-13(4-2)21-18(24)17-9-16(26-22-17)10-25-15-7-5-14(6-8-15)23-12-19-11-20-23/h5-9,11-13H,3-4,10H2,1-2H3,(H,21,24). The number of ether oxygens (including phenoxy) is 1. The molecule has 0 unspecified atom stereocenters. The molecule has 2 heterocycles. The van der Waals surface area contributed by atoms with Gasteiger partial charge in [0.25, 0.3) is 5.91 Å². The number of aromatic nitrogens is 4. The minimum Gasteiger partial charge on any atom is -0.486 e. The van der Waals surface area contributed by atoms with Gasteiger partial charge in [-0.25, -0.2) is 9.67 Å². The molecule has 0 spiro atoms. The van der Waals surface area contributed by atoms with Crippen LogP contribution in [0.25, 0.3) is 5.69 Å². The third-order valence-electron chi connectivity index (χ3n) is 4.01. The summed E-state index contributed by atoms with van der Waals surface area (Å²) in [6, 6.07) is 9.14. The summed E-state index contributed by atoms with van der Waals surface area (Å²) in [6.07, 6.45) is 4.85. The molecular weight excluding hydrogens is 334 g/mol. The minimum absolute atomic E-state index is 0.141. The molecule has 8 heteroatoms. The maximum Gasteiger partial charge on any atom is 0.273 e. The normalized spacial score (nSPS) is 10.9. The Morgan fingerprint density at radius 1 is 1.27 bits per heavy atom. The lowest BCUT2D eigenvalue weighted by atomic mass is 10.1. The lowest BCUT2D eigenvalue weighted by molar-refractivity contribution is 0.0925. The first-order chi connectivity index (χ1) is 12.7. The van der Waals surface area contributed by atoms with Crippen LogP contribution < -0.4 is 10.1 Å². The topological polar surface area (TPSA) is 95.1 Å². The first-order valence-corrected chi connectivity index (χ1v) is 8.54. The zero-order valence-corrected chi connectivity index (χ0v) is 14.8. The number of nitrogens with one attached hydrogen (secondary N) is 1. The molecule has 1 N–H and O–H groups in total. The average molecular weight is 355 g/mol. The van der Waals surface area contributed by atoms with Crippen molar-refractivity contribution in [3.63, 3.8) is 0 Å². The summed E-state index contributed by atoms with van der Waals surface area (Å²) in [6.45, 7) is 4.25. The van der Waals surface area contributed by atoms with Crippen LogP contribution in [0, 0.1) is 0 Å². The molecule has 3 rings (SSSR count). The van der Waals surface area contributed by atoms with Gasteiger partial charge < -0.3 is 14.6 Å². The molecule has 1 amide bonds. The van der Waals surface area contributed by atoms with E-state index in [-0.39, 0.29) is 24.2 Å². The molecule has 0 fully saturated rings. The van der Waals surface area contributed by atoms with Crippen molar-refractivity contribution in [1.29, 1.82) is 0 Å². The molecule has 0 bridgehead atoms. The highest BCUT2D eigenvalue weighted by atomic mass is 16.5. The van der Waals surface area contributed by atoms with Crippen LogP contribution in [0.2, 0.25) is 0 Å². The summed E-state index contributed by atoms with van der Waals surface area (Å²) >= 11 is 0. The van der Waals surface area contributed by atoms with E-state index < -0.39 is 0 Å². The van der Waals surface area contributed by atoms with Gasteiger partial charge in [0, 0.05) is 12.1 Å². The first kappa shape index (κ1) is 17.7. The van der Waals surface area contributed by atoms with Crippen molar-refractivity contribution in [2.45, 2.75) is 39.3 Å². The fraction of sp³-hybridized carbons (Fsp3) is 0.333. The van der Waals surface area contributed by atoms with E-state index in [0.717, 1.165) is 18.5 Å². The van der Waals surface area contributed by atoms with E-state index in [1.165, 1.54) is 6.33 Å². The van der Waals surface area contributed by atoms with Crippen LogP contribution in [0.15, 0.2) is 47.5 Å². The quantitative estimate of drug-likeness (QED) is 0.667. The maximum absolute atomic E-state index is 12.1. The molecule has 0 aliphatic heterocycles. The number of benzene rings is 1. The Morgan fingerprint density at radius 2 is 2.04 bits per heavy atom. The average Bonchev–Trinajstić information content (AvgIpc) is 3.36. The van der Waals surface area contributed by atoms with Crippen molar-refractivity contribution in [3.8, 4) is 11.4 Å². The third-order valence-corrected chi connectivity index (χ3v) is 4.01. The molecule has 2 aromatic heterocycles. The van der Waals surface area contributed by atoms with Crippen LogP contribution in [0.4, 0.5) is 0 Å². The van der Waals surface area contributed by atoms with Gasteiger partial charge in [0.2, 0.25) is 0 Å². The minimum atomic E-state index is -0.231. The van der Waals surface area contributed by atoms with Crippen LogP contribution in [0.1, 0.15) is 42.9 Å². The smallest absolute Gasteiger partial charge is 0.273 e. The van der Waals surface area contributed by atoms with Crippen molar-refractivity contribution in [1.82, 2.24) is 25.2 Å². The lowest BCUT2D eigenvalue weighted by Gasteiger charge is -2.12. The summed E-state index contributed by atoms with van der Waals surface area (Å²) in [7, 11) is 0. The predicted octanol–water partition coefficient (Wildman–Crippen LogP) is 2.75. The van der Waals surface area contributed by atoms with Crippen LogP contribution in [0.3, 0.4) is 0 Å². The highest BCUT2D eigenvalue weighted by Crippen LogP contribution is 2.16. The molecule has 0 saturated heterocycles. The Morgan fingerprint density at radius 3 is 2.69 bits per heavy atom. The number of hydrogen-bond donors (Lipinski definition) is 1. The molecule has 136 valence electrons. The van der Waals surface area contributed by atoms with Crippen LogP contribution in [0.5, 0.6) is 5.75 Å². The SMILES string of the molecule is CCC(CC)NC(=O)c1cc(COc2ccc(-n3cncn3)cc2)on1. The number of hydrogen-bond acceptors (Lipinski definition) is 6. The summed E-state index contributed by atoms with van der Waals surface area (Å²) < 4.78 is 12.5. The second-order valence-electron chi connectivity index (χ2n) is 5.79. The van der Waals surface area contributed by atoms with E-state index in [2.05, 4.69) is 20.6 Å². The first-order valence-electron chi connectivity index (χ1n) is 8.54. The summed E-state index contributed by atoms with van der Waals surface area (Å²) in [5, 5.41) is 10.8. The Balaban J connectivity index is 1.55. The van der Waals surface area contributed by atoms with Gasteiger partial charge >= 0.3 is 0 Å². The fourth-order valence-electron chi connectivity index (χ4n) is 2.43. The largest absolute Gasteiger partial charge is 0.486 e. The van der Waals surface area contributed by atoms with Gasteiger partial charge in [-0.2, -0.15) is 5.10 Å². The molecule has 26 heavy (non-hydrogen) atoms. The molecule has 0 aliphatic carbocycles. The zero-order chi connectivity index (χ0) is 18.4. The van der Waals surface area contributed by atoms with Crippen LogP contribution in [-0.4, -0.2) is 31.9 Å². The second-order valence-corrected chi connectivity index (χ2v) is 5.79. The molecule has 3 aromatic rings. The molecule has 0 saturated carbocycles. The molecule has 0 atom stereocenters. The van der Waals surface area contributed by atoms with Crippen molar-refractivity contribution < 1.29 is 14.1 Å². The van der Waals surface area contributed by atoms with E-state index in [9.17, 15) is 4.79 Å². The molecule has 0 radical (unpaired) electrons. The van der Waals surface area contributed by atoms with Gasteiger partial charge in [0.1, 0.15) is 25.0 Å². The molecule has 0 aliphatic rings. The predicted molar refractivity (Wildman–Crippen MR) is 94.0 cm³/mol. The van der Waals surface area contributed by atoms with Crippen LogP contribution in [-0.2, 0) is 6.61 Å². The Bertz CT molecular complexity index is 823. The fourth-order valence-corrected chi connectivity index (χ4v) is 2.43. The number of carbonyl (C=O) groups is 1. The van der Waals surface area contributed by atoms with E-state index in [0.29, 0.717) is 11.5 Å². The van der Waals surface area contributed by atoms with Gasteiger partial charge in [0.15, 0.2) is 11.5 Å². The summed E-state index contributed by atoms with van der Waals surface area (Å²) in [4.78, 5) is 16.0. The highest BCUT2D eigenvalue weighted by Gasteiger charge is 2.15. The number of amides is 1. The van der Waals surface area contributed by atoms with E-state index in [1.54, 1.807) is 17.1 Å². The molecule has 1 aromatic carbocycles. The number of nitrogens with zero attached hydrogens (tertiary/aromatic N) is 4. The van der Waals surface area contributed by atoms with Crippen molar-refractivity contribution >= 4 is 5.91 Å². The number of carbonyl (C=O) groups excluding carboxylic acids is 1. The highest BCUT2D eigenvalue weighted by molar-refractivity contribution is 5.92. The van der Waals surface area contributed by atoms with Gasteiger partial charge in [-0.3, -0.25) is 4.79 Å². The molecule has 8 nitrogen and oxygen atoms in total.